The number of halogens is 2. The second-order valence-corrected chi connectivity index (χ2v) is 6.88. The molecule has 0 spiro atoms. The van der Waals surface area contributed by atoms with Gasteiger partial charge in [-0.1, -0.05) is 0 Å². The summed E-state index contributed by atoms with van der Waals surface area (Å²) in [6, 6.07) is 6.94. The first-order chi connectivity index (χ1) is 11.2. The van der Waals surface area contributed by atoms with Gasteiger partial charge < -0.3 is 15.7 Å². The number of aliphatic hydroxyl groups excluding tert-OH is 1. The summed E-state index contributed by atoms with van der Waals surface area (Å²) in [6.07, 6.45) is 3.54. The number of thioether (sulfide) groups is 1. The van der Waals surface area contributed by atoms with Gasteiger partial charge in [-0.15, -0.1) is 35.7 Å². The average Bonchev–Trinajstić information content (AvgIpc) is 2.55. The molecular formula is C17H27FIN3OS. The van der Waals surface area contributed by atoms with Crippen LogP contribution in [0.5, 0.6) is 0 Å². The molecule has 0 amide bonds. The first-order valence-corrected chi connectivity index (χ1v) is 9.27. The second-order valence-electron chi connectivity index (χ2n) is 5.71. The SMILES string of the molecule is CCNC(=NCCSc1ccc(F)cc1)NC1CCC(O)CC1.I. The summed E-state index contributed by atoms with van der Waals surface area (Å²) in [5, 5.41) is 16.3. The summed E-state index contributed by atoms with van der Waals surface area (Å²) in [6.45, 7) is 3.58. The number of guanidine groups is 1. The molecule has 0 aliphatic heterocycles. The van der Waals surface area contributed by atoms with Crippen LogP contribution in [0.25, 0.3) is 0 Å². The van der Waals surface area contributed by atoms with Gasteiger partial charge in [-0.25, -0.2) is 4.39 Å². The highest BCUT2D eigenvalue weighted by Crippen LogP contribution is 2.19. The summed E-state index contributed by atoms with van der Waals surface area (Å²) in [5.74, 6) is 1.49. The van der Waals surface area contributed by atoms with Crippen LogP contribution in [0.15, 0.2) is 34.2 Å². The number of nitrogens with zero attached hydrogens (tertiary/aromatic N) is 1. The van der Waals surface area contributed by atoms with E-state index in [9.17, 15) is 9.50 Å². The number of hydrogen-bond donors (Lipinski definition) is 3. The molecule has 1 fully saturated rings. The van der Waals surface area contributed by atoms with Gasteiger partial charge in [0.25, 0.3) is 0 Å². The maximum atomic E-state index is 12.8. The van der Waals surface area contributed by atoms with Crippen molar-refractivity contribution in [1.29, 1.82) is 0 Å². The molecule has 0 aromatic heterocycles. The molecule has 0 unspecified atom stereocenters. The molecule has 7 heteroatoms. The third-order valence-electron chi connectivity index (χ3n) is 3.83. The van der Waals surface area contributed by atoms with Crippen molar-refractivity contribution in [3.05, 3.63) is 30.1 Å². The Hall–Kier alpha value is -0.540. The Labute approximate surface area is 165 Å². The second kappa shape index (κ2) is 11.9. The van der Waals surface area contributed by atoms with E-state index in [1.807, 2.05) is 0 Å². The Kier molecular flexibility index (Phi) is 10.7. The highest BCUT2D eigenvalue weighted by molar-refractivity contribution is 14.0. The van der Waals surface area contributed by atoms with E-state index in [1.54, 1.807) is 23.9 Å². The highest BCUT2D eigenvalue weighted by Gasteiger charge is 2.19. The Morgan fingerprint density at radius 3 is 2.54 bits per heavy atom. The number of benzene rings is 1. The van der Waals surface area contributed by atoms with E-state index in [0.717, 1.165) is 48.8 Å². The van der Waals surface area contributed by atoms with Gasteiger partial charge in [0.1, 0.15) is 5.82 Å². The van der Waals surface area contributed by atoms with Gasteiger partial charge in [0.2, 0.25) is 0 Å². The molecule has 1 aliphatic carbocycles. The van der Waals surface area contributed by atoms with Gasteiger partial charge in [-0.2, -0.15) is 0 Å². The molecule has 1 aromatic carbocycles. The quantitative estimate of drug-likeness (QED) is 0.197. The first-order valence-electron chi connectivity index (χ1n) is 8.28. The zero-order valence-electron chi connectivity index (χ0n) is 14.0. The lowest BCUT2D eigenvalue weighted by Crippen LogP contribution is -2.45. The van der Waals surface area contributed by atoms with Crippen molar-refractivity contribution >= 4 is 41.7 Å². The minimum absolute atomic E-state index is 0. The van der Waals surface area contributed by atoms with Gasteiger partial charge in [0.15, 0.2) is 5.96 Å². The molecule has 136 valence electrons. The van der Waals surface area contributed by atoms with E-state index in [2.05, 4.69) is 22.5 Å². The van der Waals surface area contributed by atoms with Crippen LogP contribution in [0.1, 0.15) is 32.6 Å². The summed E-state index contributed by atoms with van der Waals surface area (Å²) in [5.41, 5.74) is 0. The van der Waals surface area contributed by atoms with Gasteiger partial charge >= 0.3 is 0 Å². The lowest BCUT2D eigenvalue weighted by atomic mass is 9.93. The summed E-state index contributed by atoms with van der Waals surface area (Å²) in [4.78, 5) is 5.65. The van der Waals surface area contributed by atoms with Crippen LogP contribution in [0, 0.1) is 5.82 Å². The minimum Gasteiger partial charge on any atom is -0.393 e. The van der Waals surface area contributed by atoms with E-state index in [1.165, 1.54) is 12.1 Å². The van der Waals surface area contributed by atoms with Gasteiger partial charge in [-0.05, 0) is 56.9 Å². The topological polar surface area (TPSA) is 56.7 Å². The molecule has 0 bridgehead atoms. The maximum Gasteiger partial charge on any atom is 0.191 e. The first kappa shape index (κ1) is 21.5. The number of nitrogens with one attached hydrogen (secondary N) is 2. The monoisotopic (exact) mass is 467 g/mol. The van der Waals surface area contributed by atoms with E-state index >= 15 is 0 Å². The Balaban J connectivity index is 0.00000288. The largest absolute Gasteiger partial charge is 0.393 e. The molecule has 3 N–H and O–H groups in total. The highest BCUT2D eigenvalue weighted by atomic mass is 127. The fourth-order valence-electron chi connectivity index (χ4n) is 2.59. The molecule has 4 nitrogen and oxygen atoms in total. The van der Waals surface area contributed by atoms with Crippen LogP contribution in [0.2, 0.25) is 0 Å². The zero-order chi connectivity index (χ0) is 16.5. The molecule has 1 aromatic rings. The zero-order valence-corrected chi connectivity index (χ0v) is 17.1. The Bertz CT molecular complexity index is 493. The number of aliphatic hydroxyl groups is 1. The van der Waals surface area contributed by atoms with E-state index in [-0.39, 0.29) is 35.9 Å². The van der Waals surface area contributed by atoms with Gasteiger partial charge in [0.05, 0.1) is 12.6 Å². The van der Waals surface area contributed by atoms with Crippen molar-refractivity contribution in [3.63, 3.8) is 0 Å². The number of hydrogen-bond acceptors (Lipinski definition) is 3. The molecule has 2 rings (SSSR count). The molecule has 1 saturated carbocycles. The third kappa shape index (κ3) is 8.02. The van der Waals surface area contributed by atoms with Crippen molar-refractivity contribution in [2.45, 2.75) is 49.6 Å². The van der Waals surface area contributed by atoms with Crippen LogP contribution in [-0.2, 0) is 0 Å². The average molecular weight is 467 g/mol. The lowest BCUT2D eigenvalue weighted by Gasteiger charge is -2.27. The molecule has 1 aliphatic rings. The molecular weight excluding hydrogens is 440 g/mol. The lowest BCUT2D eigenvalue weighted by molar-refractivity contribution is 0.120. The fraction of sp³-hybridized carbons (Fsp3) is 0.588. The molecule has 0 radical (unpaired) electrons. The van der Waals surface area contributed by atoms with Crippen LogP contribution >= 0.6 is 35.7 Å². The molecule has 0 heterocycles. The Morgan fingerprint density at radius 2 is 1.92 bits per heavy atom. The minimum atomic E-state index is -0.205. The predicted octanol–water partition coefficient (Wildman–Crippen LogP) is 3.39. The van der Waals surface area contributed by atoms with Gasteiger partial charge in [0, 0.05) is 23.2 Å². The third-order valence-corrected chi connectivity index (χ3v) is 4.82. The van der Waals surface area contributed by atoms with Crippen molar-refractivity contribution in [2.24, 2.45) is 4.99 Å². The summed E-state index contributed by atoms with van der Waals surface area (Å²) < 4.78 is 12.8. The maximum absolute atomic E-state index is 12.8. The van der Waals surface area contributed by atoms with Crippen molar-refractivity contribution in [3.8, 4) is 0 Å². The summed E-state index contributed by atoms with van der Waals surface area (Å²) in [7, 11) is 0. The fourth-order valence-corrected chi connectivity index (χ4v) is 3.33. The number of aliphatic imine (C=N–C) groups is 1. The standard InChI is InChI=1S/C17H26FN3OS.HI/c1-2-19-17(21-14-5-7-15(22)8-6-14)20-11-12-23-16-9-3-13(18)4-10-16;/h3-4,9-10,14-15,22H,2,5-8,11-12H2,1H3,(H2,19,20,21);1H. The van der Waals surface area contributed by atoms with Crippen LogP contribution in [0.4, 0.5) is 4.39 Å². The normalized spacial score (nSPS) is 21.0. The van der Waals surface area contributed by atoms with Crippen molar-refractivity contribution in [2.75, 3.05) is 18.8 Å². The van der Waals surface area contributed by atoms with Crippen molar-refractivity contribution in [1.82, 2.24) is 10.6 Å². The van der Waals surface area contributed by atoms with Gasteiger partial charge in [-0.3, -0.25) is 4.99 Å². The Morgan fingerprint density at radius 1 is 1.25 bits per heavy atom. The van der Waals surface area contributed by atoms with E-state index in [4.69, 9.17) is 0 Å². The van der Waals surface area contributed by atoms with Crippen LogP contribution in [-0.4, -0.2) is 42.1 Å². The van der Waals surface area contributed by atoms with E-state index < -0.39 is 0 Å². The molecule has 0 atom stereocenters. The molecule has 0 saturated heterocycles. The van der Waals surface area contributed by atoms with Crippen LogP contribution < -0.4 is 10.6 Å². The van der Waals surface area contributed by atoms with Crippen molar-refractivity contribution < 1.29 is 9.50 Å². The predicted molar refractivity (Wildman–Crippen MR) is 110 cm³/mol. The number of rotatable bonds is 6. The summed E-state index contributed by atoms with van der Waals surface area (Å²) >= 11 is 1.67. The smallest absolute Gasteiger partial charge is 0.191 e. The van der Waals surface area contributed by atoms with Crippen LogP contribution in [0.3, 0.4) is 0 Å². The molecule has 24 heavy (non-hydrogen) atoms. The van der Waals surface area contributed by atoms with E-state index in [0.29, 0.717) is 12.6 Å².